The van der Waals surface area contributed by atoms with Gasteiger partial charge in [-0.15, -0.1) is 0 Å². The second kappa shape index (κ2) is 7.26. The van der Waals surface area contributed by atoms with E-state index in [1.54, 1.807) is 6.07 Å². The fourth-order valence-corrected chi connectivity index (χ4v) is 3.24. The first-order valence-corrected chi connectivity index (χ1v) is 8.90. The number of hydrogen-bond donors (Lipinski definition) is 1. The second-order valence-electron chi connectivity index (χ2n) is 6.51. The van der Waals surface area contributed by atoms with Crippen molar-refractivity contribution in [3.8, 4) is 0 Å². The number of hydrogen-bond acceptors (Lipinski definition) is 4. The molecule has 1 amide bonds. The molecule has 2 heterocycles. The van der Waals surface area contributed by atoms with Gasteiger partial charge in [-0.1, -0.05) is 12.1 Å². The van der Waals surface area contributed by atoms with Gasteiger partial charge in [-0.2, -0.15) is 0 Å². The van der Waals surface area contributed by atoms with E-state index in [1.807, 2.05) is 23.1 Å². The summed E-state index contributed by atoms with van der Waals surface area (Å²) in [6.45, 7) is 1.56. The lowest BCUT2D eigenvalue weighted by Crippen LogP contribution is -2.33. The van der Waals surface area contributed by atoms with Gasteiger partial charge in [0.2, 0.25) is 0 Å². The van der Waals surface area contributed by atoms with Crippen LogP contribution in [0.2, 0.25) is 0 Å². The summed E-state index contributed by atoms with van der Waals surface area (Å²) in [6, 6.07) is 10.2. The Morgan fingerprint density at radius 2 is 1.67 bits per heavy atom. The third-order valence-corrected chi connectivity index (χ3v) is 4.60. The molecular weight excluding hydrogens is 350 g/mol. The topological polar surface area (TPSA) is 58.1 Å². The number of piperidine rings is 1. The lowest BCUT2D eigenvalue weighted by molar-refractivity contribution is 0.102. The molecule has 7 heteroatoms. The quantitative estimate of drug-likeness (QED) is 0.755. The molecule has 0 radical (unpaired) electrons. The number of carbonyl (C=O) groups is 1. The zero-order valence-electron chi connectivity index (χ0n) is 14.6. The highest BCUT2D eigenvalue weighted by Gasteiger charge is 2.23. The number of nitrogens with one attached hydrogen (secondary N) is 1. The Bertz CT molecular complexity index is 1000. The van der Waals surface area contributed by atoms with E-state index in [4.69, 9.17) is 0 Å². The molecule has 2 aromatic carbocycles. The number of nitrogens with zero attached hydrogens (tertiary/aromatic N) is 3. The molecule has 1 N–H and O–H groups in total. The maximum absolute atomic E-state index is 13.9. The van der Waals surface area contributed by atoms with Crippen molar-refractivity contribution in [3.63, 3.8) is 0 Å². The summed E-state index contributed by atoms with van der Waals surface area (Å²) in [6.07, 6.45) is 3.15. The summed E-state index contributed by atoms with van der Waals surface area (Å²) in [5, 5.41) is 2.43. The van der Waals surface area contributed by atoms with Gasteiger partial charge in [0, 0.05) is 19.2 Å². The first-order valence-electron chi connectivity index (χ1n) is 8.90. The average molecular weight is 368 g/mol. The van der Waals surface area contributed by atoms with Crippen molar-refractivity contribution in [2.75, 3.05) is 23.3 Å². The van der Waals surface area contributed by atoms with E-state index in [-0.39, 0.29) is 11.4 Å². The molecule has 4 rings (SSSR count). The zero-order valence-corrected chi connectivity index (χ0v) is 14.6. The number of aromatic nitrogens is 2. The molecule has 0 spiro atoms. The van der Waals surface area contributed by atoms with Crippen molar-refractivity contribution < 1.29 is 13.6 Å². The lowest BCUT2D eigenvalue weighted by atomic mass is 10.1. The summed E-state index contributed by atoms with van der Waals surface area (Å²) in [5.41, 5.74) is 1.15. The molecule has 0 aliphatic carbocycles. The maximum atomic E-state index is 13.9. The number of amides is 1. The monoisotopic (exact) mass is 368 g/mol. The molecule has 1 aliphatic heterocycles. The zero-order chi connectivity index (χ0) is 18.8. The fraction of sp³-hybridized carbons (Fsp3) is 0.250. The molecule has 0 atom stereocenters. The summed E-state index contributed by atoms with van der Waals surface area (Å²) < 4.78 is 27.4. The van der Waals surface area contributed by atoms with Gasteiger partial charge in [0.05, 0.1) is 16.7 Å². The summed E-state index contributed by atoms with van der Waals surface area (Å²) in [7, 11) is 0. The molecule has 3 aromatic rings. The van der Waals surface area contributed by atoms with Crippen LogP contribution in [0.1, 0.15) is 29.8 Å². The Labute approximate surface area is 155 Å². The van der Waals surface area contributed by atoms with Crippen molar-refractivity contribution in [2.24, 2.45) is 0 Å². The Kier molecular flexibility index (Phi) is 4.66. The molecule has 27 heavy (non-hydrogen) atoms. The molecule has 1 aromatic heterocycles. The Morgan fingerprint density at radius 1 is 0.963 bits per heavy atom. The van der Waals surface area contributed by atoms with Crippen LogP contribution in [0.25, 0.3) is 11.0 Å². The van der Waals surface area contributed by atoms with Crippen LogP contribution in [-0.2, 0) is 0 Å². The van der Waals surface area contributed by atoms with Crippen LogP contribution in [0.4, 0.5) is 20.3 Å². The van der Waals surface area contributed by atoms with Gasteiger partial charge in [0.1, 0.15) is 11.6 Å². The largest absolute Gasteiger partial charge is 0.355 e. The average Bonchev–Trinajstić information content (AvgIpc) is 2.70. The number of anilines is 2. The first kappa shape index (κ1) is 17.3. The van der Waals surface area contributed by atoms with Gasteiger partial charge in [-0.05, 0) is 43.5 Å². The van der Waals surface area contributed by atoms with Crippen LogP contribution in [0.5, 0.6) is 0 Å². The van der Waals surface area contributed by atoms with Crippen molar-refractivity contribution in [1.29, 1.82) is 0 Å². The van der Waals surface area contributed by atoms with Crippen LogP contribution in [0.3, 0.4) is 0 Å². The minimum Gasteiger partial charge on any atom is -0.355 e. The molecule has 1 fully saturated rings. The Hall–Kier alpha value is -3.09. The van der Waals surface area contributed by atoms with Crippen LogP contribution in [0, 0.1) is 11.6 Å². The lowest BCUT2D eigenvalue weighted by Gasteiger charge is -2.29. The fourth-order valence-electron chi connectivity index (χ4n) is 3.24. The molecule has 0 unspecified atom stereocenters. The van der Waals surface area contributed by atoms with E-state index in [9.17, 15) is 13.6 Å². The van der Waals surface area contributed by atoms with Crippen molar-refractivity contribution in [1.82, 2.24) is 9.97 Å². The van der Waals surface area contributed by atoms with E-state index in [1.165, 1.54) is 0 Å². The molecule has 1 aliphatic rings. The molecule has 138 valence electrons. The van der Waals surface area contributed by atoms with Crippen LogP contribution in [0.15, 0.2) is 42.5 Å². The molecular formula is C20H18F2N4O. The highest BCUT2D eigenvalue weighted by Crippen LogP contribution is 2.25. The Balaban J connectivity index is 1.76. The summed E-state index contributed by atoms with van der Waals surface area (Å²) in [4.78, 5) is 24.0. The third kappa shape index (κ3) is 3.58. The summed E-state index contributed by atoms with van der Waals surface area (Å²) in [5.74, 6) is -1.48. The molecule has 0 saturated carbocycles. The van der Waals surface area contributed by atoms with Crippen LogP contribution < -0.4 is 10.2 Å². The van der Waals surface area contributed by atoms with Gasteiger partial charge in [0.25, 0.3) is 5.91 Å². The van der Waals surface area contributed by atoms with Gasteiger partial charge >= 0.3 is 0 Å². The van der Waals surface area contributed by atoms with E-state index >= 15 is 0 Å². The van der Waals surface area contributed by atoms with E-state index < -0.39 is 17.5 Å². The summed E-state index contributed by atoms with van der Waals surface area (Å²) >= 11 is 0. The first-order chi connectivity index (χ1) is 13.1. The smallest absolute Gasteiger partial charge is 0.278 e. The van der Waals surface area contributed by atoms with Crippen molar-refractivity contribution >= 4 is 28.4 Å². The number of fused-ring (bicyclic) bond motifs is 1. The number of para-hydroxylation sites is 2. The predicted octanol–water partition coefficient (Wildman–Crippen LogP) is 4.15. The van der Waals surface area contributed by atoms with E-state index in [0.29, 0.717) is 16.9 Å². The maximum Gasteiger partial charge on any atom is 0.278 e. The van der Waals surface area contributed by atoms with Gasteiger partial charge < -0.3 is 10.2 Å². The number of halogens is 2. The van der Waals surface area contributed by atoms with E-state index in [0.717, 1.165) is 50.6 Å². The number of carbonyl (C=O) groups excluding carboxylic acids is 1. The second-order valence-corrected chi connectivity index (χ2v) is 6.51. The number of benzene rings is 2. The van der Waals surface area contributed by atoms with Crippen molar-refractivity contribution in [2.45, 2.75) is 19.3 Å². The SMILES string of the molecule is O=C(Nc1cc(F)ccc1F)c1nc2ccccc2nc1N1CCCCC1. The van der Waals surface area contributed by atoms with Gasteiger partial charge in [-0.25, -0.2) is 18.7 Å². The minimum atomic E-state index is -0.710. The van der Waals surface area contributed by atoms with Gasteiger partial charge in [-0.3, -0.25) is 4.79 Å². The predicted molar refractivity (Wildman–Crippen MR) is 99.9 cm³/mol. The Morgan fingerprint density at radius 3 is 2.41 bits per heavy atom. The third-order valence-electron chi connectivity index (χ3n) is 4.60. The van der Waals surface area contributed by atoms with Crippen LogP contribution in [-0.4, -0.2) is 29.0 Å². The van der Waals surface area contributed by atoms with Gasteiger partial charge in [0.15, 0.2) is 11.5 Å². The molecule has 0 bridgehead atoms. The highest BCUT2D eigenvalue weighted by molar-refractivity contribution is 6.07. The highest BCUT2D eigenvalue weighted by atomic mass is 19.1. The standard InChI is InChI=1S/C20H18F2N4O/c21-13-8-9-14(22)17(12-13)25-20(27)18-19(26-10-4-1-5-11-26)24-16-7-3-2-6-15(16)23-18/h2-3,6-9,12H,1,4-5,10-11H2,(H,25,27). The van der Waals surface area contributed by atoms with Crippen LogP contribution >= 0.6 is 0 Å². The number of rotatable bonds is 3. The normalized spacial score (nSPS) is 14.4. The van der Waals surface area contributed by atoms with Crippen molar-refractivity contribution in [3.05, 3.63) is 59.8 Å². The molecule has 5 nitrogen and oxygen atoms in total. The van der Waals surface area contributed by atoms with E-state index in [2.05, 4.69) is 15.3 Å². The molecule has 1 saturated heterocycles. The minimum absolute atomic E-state index is 0.110.